The maximum Gasteiger partial charge on any atom is 0.306 e. The highest BCUT2D eigenvalue weighted by molar-refractivity contribution is 5.71. The van der Waals surface area contributed by atoms with Crippen molar-refractivity contribution in [2.75, 3.05) is 13.2 Å². The van der Waals surface area contributed by atoms with Crippen molar-refractivity contribution in [2.45, 2.75) is 425 Å². The van der Waals surface area contributed by atoms with Gasteiger partial charge in [-0.1, -0.05) is 367 Å². The number of allylic oxidation sites excluding steroid dienone is 2. The molecule has 0 saturated heterocycles. The molecule has 0 N–H and O–H groups in total. The van der Waals surface area contributed by atoms with Crippen LogP contribution in [0.4, 0.5) is 0 Å². The van der Waals surface area contributed by atoms with E-state index in [0.717, 1.165) is 57.8 Å². The highest BCUT2D eigenvalue weighted by Gasteiger charge is 2.20. The van der Waals surface area contributed by atoms with Crippen LogP contribution in [0.5, 0.6) is 0 Å². The quantitative estimate of drug-likeness (QED) is 0.0261. The molecule has 0 heterocycles. The maximum atomic E-state index is 13.0. The van der Waals surface area contributed by atoms with E-state index in [2.05, 4.69) is 32.9 Å². The monoisotopic (exact) mass is 1110 g/mol. The lowest BCUT2D eigenvalue weighted by Crippen LogP contribution is -2.30. The van der Waals surface area contributed by atoms with Crippen molar-refractivity contribution in [3.05, 3.63) is 12.2 Å². The van der Waals surface area contributed by atoms with Crippen molar-refractivity contribution < 1.29 is 28.6 Å². The van der Waals surface area contributed by atoms with Crippen LogP contribution < -0.4 is 0 Å². The van der Waals surface area contributed by atoms with Crippen molar-refractivity contribution in [3.63, 3.8) is 0 Å². The standard InChI is InChI=1S/C73H140O6/c1-4-7-10-13-16-19-22-25-28-31-34-35-36-37-38-39-40-43-45-48-51-54-57-60-63-66-72(75)78-69-70(79-73(76)67-64-61-58-55-52-49-46-42-33-30-27-24-21-18-15-12-9-6-3)68-77-71(74)65-62-59-56-53-50-47-44-41-32-29-26-23-20-17-14-11-8-5-2/h31,34,70H,4-30,32-33,35-69H2,1-3H3/b34-31-. The Morgan fingerprint density at radius 1 is 0.241 bits per heavy atom. The minimum atomic E-state index is -0.766. The molecule has 0 aromatic heterocycles. The number of rotatable bonds is 68. The molecule has 0 aromatic rings. The summed E-state index contributed by atoms with van der Waals surface area (Å²) in [5.41, 5.74) is 0. The zero-order chi connectivity index (χ0) is 57.1. The Morgan fingerprint density at radius 2 is 0.418 bits per heavy atom. The molecule has 6 heteroatoms. The molecule has 0 radical (unpaired) electrons. The van der Waals surface area contributed by atoms with Gasteiger partial charge in [-0.25, -0.2) is 0 Å². The van der Waals surface area contributed by atoms with Crippen molar-refractivity contribution >= 4 is 17.9 Å². The van der Waals surface area contributed by atoms with Gasteiger partial charge in [0.05, 0.1) is 0 Å². The van der Waals surface area contributed by atoms with E-state index in [1.807, 2.05) is 0 Å². The zero-order valence-electron chi connectivity index (χ0n) is 53.9. The Balaban J connectivity index is 4.25. The third-order valence-corrected chi connectivity index (χ3v) is 16.8. The SMILES string of the molecule is CCCCCCCCCC/C=C\CCCCCCCCCCCCCCCC(=O)OCC(COC(=O)CCCCCCCCCCCCCCCCCCCC)OC(=O)CCCCCCCCCCCCCCCCCCCC. The van der Waals surface area contributed by atoms with E-state index in [0.29, 0.717) is 19.3 Å². The Kier molecular flexibility index (Phi) is 67.0. The molecular formula is C73H140O6. The Bertz CT molecular complexity index is 1230. The first-order chi connectivity index (χ1) is 39.0. The molecule has 0 saturated carbocycles. The van der Waals surface area contributed by atoms with Gasteiger partial charge in [-0.05, 0) is 44.9 Å². The first kappa shape index (κ1) is 77.2. The van der Waals surface area contributed by atoms with Gasteiger partial charge in [-0.2, -0.15) is 0 Å². The molecular weight excluding hydrogens is 973 g/mol. The van der Waals surface area contributed by atoms with Crippen molar-refractivity contribution in [1.82, 2.24) is 0 Å². The van der Waals surface area contributed by atoms with Gasteiger partial charge in [0.1, 0.15) is 13.2 Å². The van der Waals surface area contributed by atoms with Gasteiger partial charge < -0.3 is 14.2 Å². The second-order valence-corrected chi connectivity index (χ2v) is 24.9. The number of hydrogen-bond acceptors (Lipinski definition) is 6. The fourth-order valence-corrected chi connectivity index (χ4v) is 11.3. The summed E-state index contributed by atoms with van der Waals surface area (Å²) in [7, 11) is 0. The fourth-order valence-electron chi connectivity index (χ4n) is 11.3. The zero-order valence-corrected chi connectivity index (χ0v) is 53.9. The molecule has 0 aliphatic rings. The molecule has 0 aliphatic carbocycles. The largest absolute Gasteiger partial charge is 0.462 e. The van der Waals surface area contributed by atoms with Crippen LogP contribution in [-0.4, -0.2) is 37.2 Å². The summed E-state index contributed by atoms with van der Waals surface area (Å²) in [6, 6.07) is 0. The summed E-state index contributed by atoms with van der Waals surface area (Å²) >= 11 is 0. The number of unbranched alkanes of at least 4 members (excludes halogenated alkanes) is 55. The van der Waals surface area contributed by atoms with Crippen LogP contribution in [0.1, 0.15) is 419 Å². The van der Waals surface area contributed by atoms with Crippen LogP contribution >= 0.6 is 0 Å². The van der Waals surface area contributed by atoms with E-state index in [4.69, 9.17) is 14.2 Å². The van der Waals surface area contributed by atoms with Crippen LogP contribution in [0.3, 0.4) is 0 Å². The van der Waals surface area contributed by atoms with Crippen LogP contribution in [0.25, 0.3) is 0 Å². The van der Waals surface area contributed by atoms with Crippen LogP contribution in [0.15, 0.2) is 12.2 Å². The van der Waals surface area contributed by atoms with Gasteiger partial charge >= 0.3 is 17.9 Å². The summed E-state index contributed by atoms with van der Waals surface area (Å²) in [6.45, 7) is 6.74. The van der Waals surface area contributed by atoms with Gasteiger partial charge in [0.25, 0.3) is 0 Å². The molecule has 0 aromatic carbocycles. The molecule has 0 fully saturated rings. The van der Waals surface area contributed by atoms with Crippen molar-refractivity contribution in [3.8, 4) is 0 Å². The second kappa shape index (κ2) is 68.6. The smallest absolute Gasteiger partial charge is 0.306 e. The summed E-state index contributed by atoms with van der Waals surface area (Å²) in [6.07, 6.45) is 82.4. The number of esters is 3. The average Bonchev–Trinajstić information content (AvgIpc) is 3.45. The fraction of sp³-hybridized carbons (Fsp3) is 0.932. The first-order valence-corrected chi connectivity index (χ1v) is 36.2. The summed E-state index contributed by atoms with van der Waals surface area (Å²) in [5, 5.41) is 0. The van der Waals surface area contributed by atoms with Gasteiger partial charge in [0, 0.05) is 19.3 Å². The van der Waals surface area contributed by atoms with E-state index in [1.54, 1.807) is 0 Å². The normalized spacial score (nSPS) is 12.0. The van der Waals surface area contributed by atoms with Gasteiger partial charge in [-0.15, -0.1) is 0 Å². The van der Waals surface area contributed by atoms with Gasteiger partial charge in [0.15, 0.2) is 6.10 Å². The summed E-state index contributed by atoms with van der Waals surface area (Å²) in [5.74, 6) is -0.823. The predicted molar refractivity (Wildman–Crippen MR) is 344 cm³/mol. The number of carbonyl (C=O) groups excluding carboxylic acids is 3. The first-order valence-electron chi connectivity index (χ1n) is 36.2. The van der Waals surface area contributed by atoms with E-state index in [9.17, 15) is 14.4 Å². The maximum absolute atomic E-state index is 13.0. The van der Waals surface area contributed by atoms with E-state index >= 15 is 0 Å². The third kappa shape index (κ3) is 66.8. The van der Waals surface area contributed by atoms with Crippen molar-refractivity contribution in [1.29, 1.82) is 0 Å². The van der Waals surface area contributed by atoms with Gasteiger partial charge in [0.2, 0.25) is 0 Å². The predicted octanol–water partition coefficient (Wildman–Crippen LogP) is 24.8. The summed E-state index contributed by atoms with van der Waals surface area (Å²) in [4.78, 5) is 38.5. The molecule has 0 amide bonds. The molecule has 0 aliphatic heterocycles. The van der Waals surface area contributed by atoms with E-state index < -0.39 is 6.10 Å². The van der Waals surface area contributed by atoms with Crippen LogP contribution in [0.2, 0.25) is 0 Å². The second-order valence-electron chi connectivity index (χ2n) is 24.9. The highest BCUT2D eigenvalue weighted by Crippen LogP contribution is 2.19. The Hall–Kier alpha value is -1.85. The van der Waals surface area contributed by atoms with Crippen molar-refractivity contribution in [2.24, 2.45) is 0 Å². The lowest BCUT2D eigenvalue weighted by Gasteiger charge is -2.18. The molecule has 468 valence electrons. The number of hydrogen-bond donors (Lipinski definition) is 0. The minimum absolute atomic E-state index is 0.0622. The molecule has 1 unspecified atom stereocenters. The number of carbonyl (C=O) groups is 3. The topological polar surface area (TPSA) is 78.9 Å². The molecule has 6 nitrogen and oxygen atoms in total. The third-order valence-electron chi connectivity index (χ3n) is 16.8. The molecule has 79 heavy (non-hydrogen) atoms. The highest BCUT2D eigenvalue weighted by atomic mass is 16.6. The van der Waals surface area contributed by atoms with E-state index in [1.165, 1.54) is 321 Å². The molecule has 1 atom stereocenters. The Morgan fingerprint density at radius 3 is 0.633 bits per heavy atom. The molecule has 0 spiro atoms. The van der Waals surface area contributed by atoms with Crippen LogP contribution in [-0.2, 0) is 28.6 Å². The molecule has 0 rings (SSSR count). The lowest BCUT2D eigenvalue weighted by molar-refractivity contribution is -0.167. The van der Waals surface area contributed by atoms with E-state index in [-0.39, 0.29) is 31.1 Å². The number of ether oxygens (including phenoxy) is 3. The van der Waals surface area contributed by atoms with Crippen LogP contribution in [0, 0.1) is 0 Å². The average molecular weight is 1110 g/mol. The Labute approximate surface area is 494 Å². The minimum Gasteiger partial charge on any atom is -0.462 e. The molecule has 0 bridgehead atoms. The van der Waals surface area contributed by atoms with Gasteiger partial charge in [-0.3, -0.25) is 14.4 Å². The summed E-state index contributed by atoms with van der Waals surface area (Å²) < 4.78 is 17.0. The lowest BCUT2D eigenvalue weighted by atomic mass is 10.0.